The third kappa shape index (κ3) is 3.20. The van der Waals surface area contributed by atoms with Gasteiger partial charge in [0.05, 0.1) is 5.70 Å². The fraction of sp³-hybridized carbons (Fsp3) is 0.111. The Bertz CT molecular complexity index is 956. The maximum Gasteiger partial charge on any atom is 0.387 e. The Labute approximate surface area is 156 Å². The van der Waals surface area contributed by atoms with Crippen LogP contribution in [-0.4, -0.2) is 21.4 Å². The van der Waals surface area contributed by atoms with E-state index in [0.717, 1.165) is 10.0 Å². The van der Waals surface area contributed by atoms with E-state index in [9.17, 15) is 8.78 Å². The van der Waals surface area contributed by atoms with Crippen molar-refractivity contribution >= 4 is 27.6 Å². The number of benzene rings is 2. The fourth-order valence-electron chi connectivity index (χ4n) is 2.88. The summed E-state index contributed by atoms with van der Waals surface area (Å²) in [5.74, 6) is 0.631. The van der Waals surface area contributed by atoms with Crippen molar-refractivity contribution in [2.24, 2.45) is 0 Å². The maximum absolute atomic E-state index is 12.7. The second-order valence-corrected chi connectivity index (χ2v) is 6.52. The largest absolute Gasteiger partial charge is 0.434 e. The van der Waals surface area contributed by atoms with E-state index in [1.807, 2.05) is 30.3 Å². The van der Waals surface area contributed by atoms with E-state index in [2.05, 4.69) is 36.1 Å². The first-order chi connectivity index (χ1) is 12.6. The zero-order chi connectivity index (χ0) is 18.1. The summed E-state index contributed by atoms with van der Waals surface area (Å²) < 4.78 is 32.9. The summed E-state index contributed by atoms with van der Waals surface area (Å²) >= 11 is 3.42. The third-order valence-electron chi connectivity index (χ3n) is 4.01. The number of allylic oxidation sites excluding steroid dienone is 1. The molecule has 0 aliphatic carbocycles. The van der Waals surface area contributed by atoms with E-state index in [1.165, 1.54) is 12.4 Å². The number of aromatic nitrogens is 3. The summed E-state index contributed by atoms with van der Waals surface area (Å²) in [4.78, 5) is 4.22. The Balaban J connectivity index is 1.79. The van der Waals surface area contributed by atoms with Gasteiger partial charge in [0.1, 0.15) is 18.1 Å². The molecule has 1 atom stereocenters. The second-order valence-electron chi connectivity index (χ2n) is 5.60. The topological polar surface area (TPSA) is 52.0 Å². The van der Waals surface area contributed by atoms with Crippen molar-refractivity contribution in [3.63, 3.8) is 0 Å². The quantitative estimate of drug-likeness (QED) is 0.667. The van der Waals surface area contributed by atoms with Gasteiger partial charge in [-0.1, -0.05) is 40.2 Å². The molecule has 4 rings (SSSR count). The van der Waals surface area contributed by atoms with Crippen LogP contribution in [-0.2, 0) is 0 Å². The Kier molecular flexibility index (Phi) is 4.42. The number of hydrogen-bond acceptors (Lipinski definition) is 4. The van der Waals surface area contributed by atoms with Crippen LogP contribution >= 0.6 is 15.9 Å². The minimum atomic E-state index is -2.90. The number of ether oxygens (including phenoxy) is 1. The number of nitrogens with zero attached hydrogens (tertiary/aromatic N) is 3. The fourth-order valence-corrected chi connectivity index (χ4v) is 3.14. The van der Waals surface area contributed by atoms with Gasteiger partial charge in [-0.25, -0.2) is 4.68 Å². The highest BCUT2D eigenvalue weighted by Gasteiger charge is 2.25. The van der Waals surface area contributed by atoms with Crippen molar-refractivity contribution in [2.75, 3.05) is 5.32 Å². The van der Waals surface area contributed by atoms with Crippen molar-refractivity contribution in [1.82, 2.24) is 14.8 Å². The molecule has 1 aromatic heterocycles. The SMILES string of the molecule is FC(F)Oc1ccccc1C1=C[C@@H](c2ccc(Br)cc2)n2ncnc2N1. The molecule has 0 saturated heterocycles. The Morgan fingerprint density at radius 2 is 1.88 bits per heavy atom. The molecule has 0 unspecified atom stereocenters. The molecule has 1 aliphatic heterocycles. The summed E-state index contributed by atoms with van der Waals surface area (Å²) in [5.41, 5.74) is 2.16. The summed E-state index contributed by atoms with van der Waals surface area (Å²) in [7, 11) is 0. The van der Waals surface area contributed by atoms with Gasteiger partial charge in [0, 0.05) is 10.0 Å². The van der Waals surface area contributed by atoms with Crippen LogP contribution in [0.4, 0.5) is 14.7 Å². The molecule has 0 fully saturated rings. The molecule has 132 valence electrons. The van der Waals surface area contributed by atoms with Gasteiger partial charge >= 0.3 is 6.61 Å². The van der Waals surface area contributed by atoms with Gasteiger partial charge in [-0.05, 0) is 35.9 Å². The predicted octanol–water partition coefficient (Wildman–Crippen LogP) is 4.70. The van der Waals surface area contributed by atoms with Gasteiger partial charge in [0.25, 0.3) is 0 Å². The van der Waals surface area contributed by atoms with Crippen LogP contribution in [0.2, 0.25) is 0 Å². The van der Waals surface area contributed by atoms with E-state index in [0.29, 0.717) is 17.2 Å². The standard InChI is InChI=1S/C18H13BrF2N4O/c19-12-7-5-11(6-8-12)15-9-14(24-18-22-10-23-25(15)18)13-3-1-2-4-16(13)26-17(20)21/h1-10,15,17H,(H,22,23,24)/t15-/m0/s1. The Morgan fingerprint density at radius 3 is 2.65 bits per heavy atom. The van der Waals surface area contributed by atoms with Gasteiger partial charge in [-0.2, -0.15) is 18.9 Å². The van der Waals surface area contributed by atoms with Gasteiger partial charge in [-0.15, -0.1) is 0 Å². The van der Waals surface area contributed by atoms with E-state index < -0.39 is 6.61 Å². The summed E-state index contributed by atoms with van der Waals surface area (Å²) in [5, 5.41) is 7.41. The van der Waals surface area contributed by atoms with Gasteiger partial charge in [0.2, 0.25) is 5.95 Å². The van der Waals surface area contributed by atoms with E-state index in [-0.39, 0.29) is 11.8 Å². The number of alkyl halides is 2. The number of halogens is 3. The van der Waals surface area contributed by atoms with Crippen LogP contribution in [0, 0.1) is 0 Å². The van der Waals surface area contributed by atoms with Crippen molar-refractivity contribution in [3.05, 3.63) is 76.5 Å². The number of nitrogens with one attached hydrogen (secondary N) is 1. The molecule has 26 heavy (non-hydrogen) atoms. The number of para-hydroxylation sites is 1. The lowest BCUT2D eigenvalue weighted by Gasteiger charge is -2.25. The third-order valence-corrected chi connectivity index (χ3v) is 4.54. The molecule has 1 N–H and O–H groups in total. The molecule has 2 heterocycles. The van der Waals surface area contributed by atoms with Crippen molar-refractivity contribution < 1.29 is 13.5 Å². The molecule has 0 radical (unpaired) electrons. The normalized spacial score (nSPS) is 16.0. The van der Waals surface area contributed by atoms with Gasteiger partial charge in [0.15, 0.2) is 0 Å². The molecule has 0 saturated carbocycles. The highest BCUT2D eigenvalue weighted by molar-refractivity contribution is 9.10. The molecule has 0 amide bonds. The molecule has 8 heteroatoms. The summed E-state index contributed by atoms with van der Waals surface area (Å²) in [6.07, 6.45) is 3.37. The average molecular weight is 419 g/mol. The van der Waals surface area contributed by atoms with Crippen LogP contribution in [0.1, 0.15) is 17.2 Å². The number of fused-ring (bicyclic) bond motifs is 1. The lowest BCUT2D eigenvalue weighted by atomic mass is 10.0. The smallest absolute Gasteiger partial charge is 0.387 e. The lowest BCUT2D eigenvalue weighted by molar-refractivity contribution is -0.0500. The molecule has 0 bridgehead atoms. The first-order valence-electron chi connectivity index (χ1n) is 7.80. The van der Waals surface area contributed by atoms with E-state index in [4.69, 9.17) is 0 Å². The summed E-state index contributed by atoms with van der Waals surface area (Å²) in [6, 6.07) is 14.3. The van der Waals surface area contributed by atoms with Crippen molar-refractivity contribution in [3.8, 4) is 5.75 Å². The zero-order valence-electron chi connectivity index (χ0n) is 13.3. The Morgan fingerprint density at radius 1 is 1.12 bits per heavy atom. The second kappa shape index (κ2) is 6.87. The van der Waals surface area contributed by atoms with Gasteiger partial charge < -0.3 is 10.1 Å². The monoisotopic (exact) mass is 418 g/mol. The molecular weight excluding hydrogens is 406 g/mol. The van der Waals surface area contributed by atoms with E-state index in [1.54, 1.807) is 22.9 Å². The molecule has 2 aromatic carbocycles. The van der Waals surface area contributed by atoms with Crippen LogP contribution in [0.3, 0.4) is 0 Å². The van der Waals surface area contributed by atoms with Crippen molar-refractivity contribution in [2.45, 2.75) is 12.7 Å². The van der Waals surface area contributed by atoms with Crippen LogP contribution < -0.4 is 10.1 Å². The predicted molar refractivity (Wildman–Crippen MR) is 97.0 cm³/mol. The molecule has 5 nitrogen and oxygen atoms in total. The first kappa shape index (κ1) is 16.7. The average Bonchev–Trinajstić information content (AvgIpc) is 3.10. The highest BCUT2D eigenvalue weighted by Crippen LogP contribution is 2.35. The van der Waals surface area contributed by atoms with Crippen LogP contribution in [0.15, 0.2) is 65.4 Å². The minimum Gasteiger partial charge on any atom is -0.434 e. The Hall–Kier alpha value is -2.74. The highest BCUT2D eigenvalue weighted by atomic mass is 79.9. The number of rotatable bonds is 4. The molecule has 3 aromatic rings. The summed E-state index contributed by atoms with van der Waals surface area (Å²) in [6.45, 7) is -2.90. The molecule has 1 aliphatic rings. The molecular formula is C18H13BrF2N4O. The van der Waals surface area contributed by atoms with E-state index >= 15 is 0 Å². The minimum absolute atomic E-state index is 0.101. The zero-order valence-corrected chi connectivity index (χ0v) is 14.9. The number of anilines is 1. The van der Waals surface area contributed by atoms with Gasteiger partial charge in [-0.3, -0.25) is 0 Å². The number of hydrogen-bond donors (Lipinski definition) is 1. The lowest BCUT2D eigenvalue weighted by Crippen LogP contribution is -2.20. The maximum atomic E-state index is 12.7. The molecule has 0 spiro atoms. The van der Waals surface area contributed by atoms with Crippen LogP contribution in [0.5, 0.6) is 5.75 Å². The van der Waals surface area contributed by atoms with Crippen LogP contribution in [0.25, 0.3) is 5.70 Å². The van der Waals surface area contributed by atoms with Crippen molar-refractivity contribution in [1.29, 1.82) is 0 Å². The first-order valence-corrected chi connectivity index (χ1v) is 8.59.